The van der Waals surface area contributed by atoms with E-state index in [0.29, 0.717) is 27.1 Å². The topological polar surface area (TPSA) is 98.9 Å². The number of hydrogen-bond acceptors (Lipinski definition) is 7. The van der Waals surface area contributed by atoms with Gasteiger partial charge in [-0.05, 0) is 57.4 Å². The van der Waals surface area contributed by atoms with Crippen molar-refractivity contribution in [2.45, 2.75) is 6.61 Å². The van der Waals surface area contributed by atoms with Crippen molar-refractivity contribution in [2.24, 2.45) is 5.10 Å². The van der Waals surface area contributed by atoms with Gasteiger partial charge in [0.2, 0.25) is 5.82 Å². The van der Waals surface area contributed by atoms with Crippen molar-refractivity contribution in [1.82, 2.24) is 4.98 Å². The predicted octanol–water partition coefficient (Wildman–Crippen LogP) is 4.93. The van der Waals surface area contributed by atoms with Crippen molar-refractivity contribution in [1.29, 1.82) is 0 Å². The number of rotatable bonds is 8. The van der Waals surface area contributed by atoms with Gasteiger partial charge in [0.25, 0.3) is 0 Å². The Balaban J connectivity index is 1.75. The Kier molecular flexibility index (Phi) is 6.91. The molecule has 1 heterocycles. The highest BCUT2D eigenvalue weighted by molar-refractivity contribution is 9.10. The van der Waals surface area contributed by atoms with E-state index in [1.165, 1.54) is 43.8 Å². The van der Waals surface area contributed by atoms with E-state index in [0.717, 1.165) is 0 Å². The summed E-state index contributed by atoms with van der Waals surface area (Å²) in [6, 6.07) is 12.3. The van der Waals surface area contributed by atoms with Gasteiger partial charge >= 0.3 is 5.69 Å². The third-order valence-corrected chi connectivity index (χ3v) is 4.48. The summed E-state index contributed by atoms with van der Waals surface area (Å²) in [5.41, 5.74) is 3.69. The Labute approximate surface area is 179 Å². The minimum absolute atomic E-state index is 0.0276. The summed E-state index contributed by atoms with van der Waals surface area (Å²) in [6.45, 7) is 0.158. The van der Waals surface area contributed by atoms with E-state index in [-0.39, 0.29) is 23.9 Å². The number of halogens is 2. The lowest BCUT2D eigenvalue weighted by molar-refractivity contribution is -0.384. The number of hydrazone groups is 1. The number of benzene rings is 2. The zero-order chi connectivity index (χ0) is 21.5. The van der Waals surface area contributed by atoms with Crippen molar-refractivity contribution >= 4 is 33.6 Å². The third-order valence-electron chi connectivity index (χ3n) is 3.89. The first-order chi connectivity index (χ1) is 14.5. The van der Waals surface area contributed by atoms with E-state index in [9.17, 15) is 14.5 Å². The van der Waals surface area contributed by atoms with Crippen molar-refractivity contribution in [2.75, 3.05) is 12.5 Å². The standard InChI is InChI=1S/C20H16BrFN4O4/c1-29-18-10-14(11-24-25-20-17(26(27)28)6-3-7-23-20)9-16(21)19(18)30-12-13-4-2-5-15(22)8-13/h2-11H,12H2,1H3,(H,23,25)/b24-11-. The number of ether oxygens (including phenoxy) is 2. The number of methoxy groups -OCH3 is 1. The van der Waals surface area contributed by atoms with Gasteiger partial charge in [-0.1, -0.05) is 12.1 Å². The molecule has 0 spiro atoms. The first-order valence-electron chi connectivity index (χ1n) is 8.61. The molecule has 1 aromatic heterocycles. The maximum Gasteiger partial charge on any atom is 0.313 e. The van der Waals surface area contributed by atoms with Crippen molar-refractivity contribution in [3.05, 3.63) is 86.3 Å². The molecule has 0 amide bonds. The number of pyridine rings is 1. The van der Waals surface area contributed by atoms with Crippen molar-refractivity contribution in [3.63, 3.8) is 0 Å². The summed E-state index contributed by atoms with van der Waals surface area (Å²) in [5, 5.41) is 15.0. The number of aromatic nitrogens is 1. The average molecular weight is 475 g/mol. The molecular weight excluding hydrogens is 459 g/mol. The Bertz CT molecular complexity index is 1090. The Morgan fingerprint density at radius 1 is 1.30 bits per heavy atom. The van der Waals surface area contributed by atoms with Gasteiger partial charge in [0.1, 0.15) is 12.4 Å². The lowest BCUT2D eigenvalue weighted by Gasteiger charge is -2.13. The Hall–Kier alpha value is -3.53. The van der Waals surface area contributed by atoms with E-state index in [1.54, 1.807) is 24.3 Å². The summed E-state index contributed by atoms with van der Waals surface area (Å²) in [4.78, 5) is 14.4. The quantitative estimate of drug-likeness (QED) is 0.282. The van der Waals surface area contributed by atoms with Gasteiger partial charge in [0, 0.05) is 12.3 Å². The second-order valence-electron chi connectivity index (χ2n) is 5.95. The Morgan fingerprint density at radius 2 is 2.13 bits per heavy atom. The van der Waals surface area contributed by atoms with Gasteiger partial charge in [-0.2, -0.15) is 5.10 Å². The highest BCUT2D eigenvalue weighted by atomic mass is 79.9. The second kappa shape index (κ2) is 9.79. The third kappa shape index (κ3) is 5.29. The predicted molar refractivity (Wildman–Crippen MR) is 114 cm³/mol. The second-order valence-corrected chi connectivity index (χ2v) is 6.81. The largest absolute Gasteiger partial charge is 0.493 e. The van der Waals surface area contributed by atoms with Crippen LogP contribution in [0.5, 0.6) is 11.5 Å². The molecule has 0 fully saturated rings. The maximum atomic E-state index is 13.3. The van der Waals surface area contributed by atoms with Crippen LogP contribution in [0.15, 0.2) is 64.3 Å². The molecule has 1 N–H and O–H groups in total. The molecule has 0 aliphatic heterocycles. The highest BCUT2D eigenvalue weighted by Gasteiger charge is 2.14. The number of hydrogen-bond donors (Lipinski definition) is 1. The van der Waals surface area contributed by atoms with Crippen molar-refractivity contribution in [3.8, 4) is 11.5 Å². The molecule has 3 rings (SSSR count). The molecule has 0 aliphatic carbocycles. The van der Waals surface area contributed by atoms with Crippen LogP contribution in [0.25, 0.3) is 0 Å². The van der Waals surface area contributed by atoms with Crippen LogP contribution in [0, 0.1) is 15.9 Å². The van der Waals surface area contributed by atoms with E-state index in [4.69, 9.17) is 9.47 Å². The molecule has 0 atom stereocenters. The number of anilines is 1. The molecule has 10 heteroatoms. The minimum Gasteiger partial charge on any atom is -0.493 e. The molecular formula is C20H16BrFN4O4. The molecule has 3 aromatic rings. The van der Waals surface area contributed by atoms with Crippen LogP contribution in [0.4, 0.5) is 15.9 Å². The lowest BCUT2D eigenvalue weighted by atomic mass is 10.2. The van der Waals surface area contributed by atoms with Crippen LogP contribution in [-0.2, 0) is 6.61 Å². The molecule has 30 heavy (non-hydrogen) atoms. The van der Waals surface area contributed by atoms with Gasteiger partial charge in [-0.15, -0.1) is 0 Å². The smallest absolute Gasteiger partial charge is 0.313 e. The molecule has 154 valence electrons. The summed E-state index contributed by atoms with van der Waals surface area (Å²) in [6.07, 6.45) is 2.89. The van der Waals surface area contributed by atoms with Crippen LogP contribution in [0.1, 0.15) is 11.1 Å². The lowest BCUT2D eigenvalue weighted by Crippen LogP contribution is -2.01. The van der Waals surface area contributed by atoms with Gasteiger partial charge in [0.15, 0.2) is 11.5 Å². The number of nitrogens with zero attached hydrogens (tertiary/aromatic N) is 3. The molecule has 0 bridgehead atoms. The van der Waals surface area contributed by atoms with Gasteiger partial charge in [-0.25, -0.2) is 9.37 Å². The van der Waals surface area contributed by atoms with Crippen LogP contribution in [0.3, 0.4) is 0 Å². The fourth-order valence-electron chi connectivity index (χ4n) is 2.53. The van der Waals surface area contributed by atoms with Crippen LogP contribution in [0.2, 0.25) is 0 Å². The SMILES string of the molecule is COc1cc(/C=N\Nc2ncccc2[N+](=O)[O-])cc(Br)c1OCc1cccc(F)c1. The summed E-state index contributed by atoms with van der Waals surface area (Å²) >= 11 is 3.43. The van der Waals surface area contributed by atoms with Gasteiger partial charge in [-0.3, -0.25) is 15.5 Å². The van der Waals surface area contributed by atoms with Gasteiger partial charge < -0.3 is 9.47 Å². The minimum atomic E-state index is -0.546. The fourth-order valence-corrected chi connectivity index (χ4v) is 3.11. The Morgan fingerprint density at radius 3 is 2.87 bits per heavy atom. The van der Waals surface area contributed by atoms with Crippen molar-refractivity contribution < 1.29 is 18.8 Å². The van der Waals surface area contributed by atoms with Crippen LogP contribution < -0.4 is 14.9 Å². The summed E-state index contributed by atoms with van der Waals surface area (Å²) in [5.74, 6) is 0.576. The van der Waals surface area contributed by atoms with E-state index < -0.39 is 4.92 Å². The molecule has 0 radical (unpaired) electrons. The molecule has 2 aromatic carbocycles. The van der Waals surface area contributed by atoms with Crippen LogP contribution in [-0.4, -0.2) is 23.2 Å². The van der Waals surface area contributed by atoms with Crippen LogP contribution >= 0.6 is 15.9 Å². The summed E-state index contributed by atoms with van der Waals surface area (Å²) < 4.78 is 25.1. The molecule has 8 nitrogen and oxygen atoms in total. The fraction of sp³-hybridized carbons (Fsp3) is 0.100. The first kappa shape index (κ1) is 21.2. The molecule has 0 saturated heterocycles. The van der Waals surface area contributed by atoms with E-state index in [2.05, 4.69) is 31.4 Å². The summed E-state index contributed by atoms with van der Waals surface area (Å²) in [7, 11) is 1.49. The molecule has 0 saturated carbocycles. The van der Waals surface area contributed by atoms with E-state index in [1.807, 2.05) is 0 Å². The average Bonchev–Trinajstić information content (AvgIpc) is 2.73. The van der Waals surface area contributed by atoms with E-state index >= 15 is 0 Å². The zero-order valence-corrected chi connectivity index (χ0v) is 17.3. The number of nitro groups is 1. The molecule has 0 aliphatic rings. The molecule has 0 unspecified atom stereocenters. The first-order valence-corrected chi connectivity index (χ1v) is 9.40. The monoisotopic (exact) mass is 474 g/mol. The normalized spacial score (nSPS) is 10.8. The zero-order valence-electron chi connectivity index (χ0n) is 15.7. The van der Waals surface area contributed by atoms with Gasteiger partial charge in [0.05, 0.1) is 22.7 Å². The highest BCUT2D eigenvalue weighted by Crippen LogP contribution is 2.37. The number of nitrogens with one attached hydrogen (secondary N) is 1. The maximum absolute atomic E-state index is 13.3.